The molecule has 0 aliphatic carbocycles. The van der Waals surface area contributed by atoms with Crippen molar-refractivity contribution in [2.24, 2.45) is 0 Å². The highest BCUT2D eigenvalue weighted by molar-refractivity contribution is 7.89. The molecule has 5 nitrogen and oxygen atoms in total. The van der Waals surface area contributed by atoms with Crippen molar-refractivity contribution < 1.29 is 8.42 Å². The Labute approximate surface area is 125 Å². The Hall–Kier alpha value is -1.92. The molecule has 0 aliphatic heterocycles. The van der Waals surface area contributed by atoms with Gasteiger partial charge in [0.25, 0.3) is 0 Å². The highest BCUT2D eigenvalue weighted by Gasteiger charge is 2.23. The number of nitrogen functional groups attached to an aromatic ring is 1. The van der Waals surface area contributed by atoms with E-state index in [4.69, 9.17) is 5.73 Å². The maximum atomic E-state index is 12.6. The first-order valence-electron chi connectivity index (χ1n) is 6.55. The standard InChI is InChI=1S/C15H19N3O2S/c1-11-7-8-15(14(16)9-11)21(19,20)18(3)10-13-6-4-5-12(2)17-13/h4-9H,10,16H2,1-3H3. The minimum Gasteiger partial charge on any atom is -0.398 e. The Kier molecular flexibility index (Phi) is 4.29. The largest absolute Gasteiger partial charge is 0.398 e. The van der Waals surface area contributed by atoms with E-state index in [-0.39, 0.29) is 17.1 Å². The van der Waals surface area contributed by atoms with Crippen molar-refractivity contribution in [2.75, 3.05) is 12.8 Å². The van der Waals surface area contributed by atoms with E-state index in [1.807, 2.05) is 26.0 Å². The van der Waals surface area contributed by atoms with Crippen molar-refractivity contribution in [3.63, 3.8) is 0 Å². The molecule has 1 heterocycles. The third-order valence-electron chi connectivity index (χ3n) is 3.18. The van der Waals surface area contributed by atoms with Crippen LogP contribution in [-0.2, 0) is 16.6 Å². The molecule has 0 unspecified atom stereocenters. The number of sulfonamides is 1. The van der Waals surface area contributed by atoms with E-state index in [1.165, 1.54) is 11.4 Å². The maximum absolute atomic E-state index is 12.6. The highest BCUT2D eigenvalue weighted by atomic mass is 32.2. The monoisotopic (exact) mass is 305 g/mol. The third-order valence-corrected chi connectivity index (χ3v) is 5.06. The molecule has 2 aromatic rings. The van der Waals surface area contributed by atoms with Crippen LogP contribution < -0.4 is 5.73 Å². The van der Waals surface area contributed by atoms with E-state index in [0.717, 1.165) is 11.3 Å². The van der Waals surface area contributed by atoms with Gasteiger partial charge in [-0.15, -0.1) is 0 Å². The van der Waals surface area contributed by atoms with Crippen molar-refractivity contribution in [2.45, 2.75) is 25.3 Å². The molecule has 0 atom stereocenters. The van der Waals surface area contributed by atoms with Crippen LogP contribution in [0.1, 0.15) is 17.0 Å². The van der Waals surface area contributed by atoms with Crippen LogP contribution in [0.25, 0.3) is 0 Å². The number of nitrogens with zero attached hydrogens (tertiary/aromatic N) is 2. The molecule has 6 heteroatoms. The summed E-state index contributed by atoms with van der Waals surface area (Å²) in [7, 11) is -2.10. The number of nitrogens with two attached hydrogens (primary N) is 1. The molecule has 21 heavy (non-hydrogen) atoms. The van der Waals surface area contributed by atoms with Crippen molar-refractivity contribution in [1.29, 1.82) is 0 Å². The number of anilines is 1. The fourth-order valence-corrected chi connectivity index (χ4v) is 3.31. The topological polar surface area (TPSA) is 76.3 Å². The number of benzene rings is 1. The van der Waals surface area contributed by atoms with E-state index in [1.54, 1.807) is 24.3 Å². The Balaban J connectivity index is 2.30. The molecule has 0 saturated carbocycles. The molecule has 0 saturated heterocycles. The molecule has 0 bridgehead atoms. The molecule has 0 amide bonds. The van der Waals surface area contributed by atoms with Gasteiger partial charge in [0.2, 0.25) is 10.0 Å². The lowest BCUT2D eigenvalue weighted by atomic mass is 10.2. The number of aromatic nitrogens is 1. The lowest BCUT2D eigenvalue weighted by Crippen LogP contribution is -2.27. The lowest BCUT2D eigenvalue weighted by molar-refractivity contribution is 0.462. The summed E-state index contributed by atoms with van der Waals surface area (Å²) in [6, 6.07) is 10.5. The van der Waals surface area contributed by atoms with Gasteiger partial charge in [-0.1, -0.05) is 12.1 Å². The van der Waals surface area contributed by atoms with Gasteiger partial charge in [-0.25, -0.2) is 8.42 Å². The van der Waals surface area contributed by atoms with Crippen LogP contribution in [0, 0.1) is 13.8 Å². The zero-order chi connectivity index (χ0) is 15.6. The smallest absolute Gasteiger partial charge is 0.245 e. The second kappa shape index (κ2) is 5.83. The summed E-state index contributed by atoms with van der Waals surface area (Å²) in [4.78, 5) is 4.45. The van der Waals surface area contributed by atoms with Crippen LogP contribution in [0.4, 0.5) is 5.69 Å². The fourth-order valence-electron chi connectivity index (χ4n) is 2.07. The lowest BCUT2D eigenvalue weighted by Gasteiger charge is -2.18. The SMILES string of the molecule is Cc1ccc(S(=O)(=O)N(C)Cc2cccc(C)n2)c(N)c1. The van der Waals surface area contributed by atoms with Gasteiger partial charge in [-0.2, -0.15) is 4.31 Å². The molecule has 0 radical (unpaired) electrons. The maximum Gasteiger partial charge on any atom is 0.245 e. The van der Waals surface area contributed by atoms with Gasteiger partial charge < -0.3 is 5.73 Å². The van der Waals surface area contributed by atoms with Gasteiger partial charge in [-0.05, 0) is 43.7 Å². The summed E-state index contributed by atoms with van der Waals surface area (Å²) in [6.07, 6.45) is 0. The van der Waals surface area contributed by atoms with E-state index < -0.39 is 10.0 Å². The van der Waals surface area contributed by atoms with Crippen LogP contribution in [0.15, 0.2) is 41.3 Å². The van der Waals surface area contributed by atoms with Crippen LogP contribution in [0.5, 0.6) is 0 Å². The Bertz CT molecular complexity index is 757. The minimum atomic E-state index is -3.63. The van der Waals surface area contributed by atoms with Gasteiger partial charge in [0.05, 0.1) is 17.9 Å². The quantitative estimate of drug-likeness (QED) is 0.878. The molecule has 0 fully saturated rings. The summed E-state index contributed by atoms with van der Waals surface area (Å²) in [5, 5.41) is 0. The average molecular weight is 305 g/mol. The van der Waals surface area contributed by atoms with Crippen molar-refractivity contribution in [1.82, 2.24) is 9.29 Å². The third kappa shape index (κ3) is 3.40. The molecule has 2 N–H and O–H groups in total. The first-order chi connectivity index (χ1) is 9.80. The predicted molar refractivity (Wildman–Crippen MR) is 83.2 cm³/mol. The molecular formula is C15H19N3O2S. The van der Waals surface area contributed by atoms with Crippen LogP contribution in [0.3, 0.4) is 0 Å². The molecular weight excluding hydrogens is 286 g/mol. The zero-order valence-corrected chi connectivity index (χ0v) is 13.2. The van der Waals surface area contributed by atoms with Gasteiger partial charge in [0.1, 0.15) is 4.90 Å². The summed E-state index contributed by atoms with van der Waals surface area (Å²) < 4.78 is 26.4. The molecule has 112 valence electrons. The summed E-state index contributed by atoms with van der Waals surface area (Å²) in [5.41, 5.74) is 8.59. The molecule has 0 spiro atoms. The first-order valence-corrected chi connectivity index (χ1v) is 8.00. The number of pyridine rings is 1. The van der Waals surface area contributed by atoms with Crippen molar-refractivity contribution in [3.8, 4) is 0 Å². The van der Waals surface area contributed by atoms with E-state index >= 15 is 0 Å². The fraction of sp³-hybridized carbons (Fsp3) is 0.267. The summed E-state index contributed by atoms with van der Waals surface area (Å²) >= 11 is 0. The second-order valence-electron chi connectivity index (χ2n) is 5.07. The van der Waals surface area contributed by atoms with Gasteiger partial charge in [0, 0.05) is 12.7 Å². The summed E-state index contributed by atoms with van der Waals surface area (Å²) in [5.74, 6) is 0. The Morgan fingerprint density at radius 2 is 1.90 bits per heavy atom. The summed E-state index contributed by atoms with van der Waals surface area (Å²) in [6.45, 7) is 3.94. The molecule has 1 aromatic heterocycles. The van der Waals surface area contributed by atoms with Crippen LogP contribution in [0.2, 0.25) is 0 Å². The van der Waals surface area contributed by atoms with E-state index in [2.05, 4.69) is 4.98 Å². The molecule has 0 aliphatic rings. The van der Waals surface area contributed by atoms with Crippen molar-refractivity contribution in [3.05, 3.63) is 53.3 Å². The molecule has 2 rings (SSSR count). The van der Waals surface area contributed by atoms with Crippen LogP contribution in [-0.4, -0.2) is 24.8 Å². The number of rotatable bonds is 4. The van der Waals surface area contributed by atoms with Gasteiger partial charge in [-0.3, -0.25) is 4.98 Å². The second-order valence-corrected chi connectivity index (χ2v) is 7.09. The Morgan fingerprint density at radius 1 is 1.19 bits per heavy atom. The Morgan fingerprint density at radius 3 is 2.52 bits per heavy atom. The van der Waals surface area contributed by atoms with Crippen LogP contribution >= 0.6 is 0 Å². The van der Waals surface area contributed by atoms with E-state index in [0.29, 0.717) is 5.69 Å². The predicted octanol–water partition coefficient (Wildman–Crippen LogP) is 2.10. The average Bonchev–Trinajstić information content (AvgIpc) is 2.38. The number of hydrogen-bond acceptors (Lipinski definition) is 4. The normalized spacial score (nSPS) is 11.8. The highest BCUT2D eigenvalue weighted by Crippen LogP contribution is 2.23. The van der Waals surface area contributed by atoms with Gasteiger partial charge >= 0.3 is 0 Å². The number of hydrogen-bond donors (Lipinski definition) is 1. The van der Waals surface area contributed by atoms with Gasteiger partial charge in [0.15, 0.2) is 0 Å². The van der Waals surface area contributed by atoms with Crippen molar-refractivity contribution >= 4 is 15.7 Å². The number of aryl methyl sites for hydroxylation is 2. The minimum absolute atomic E-state index is 0.128. The molecule has 1 aromatic carbocycles. The van der Waals surface area contributed by atoms with E-state index in [9.17, 15) is 8.42 Å². The zero-order valence-electron chi connectivity index (χ0n) is 12.4. The first kappa shape index (κ1) is 15.5.